The van der Waals surface area contributed by atoms with Gasteiger partial charge in [0, 0.05) is 17.7 Å². The number of carbonyl (C=O) groups is 2. The van der Waals surface area contributed by atoms with Crippen molar-refractivity contribution in [3.63, 3.8) is 0 Å². The molecule has 0 fully saturated rings. The zero-order chi connectivity index (χ0) is 20.6. The minimum Gasteiger partial charge on any atom is -0.453 e. The van der Waals surface area contributed by atoms with Gasteiger partial charge in [-0.15, -0.1) is 0 Å². The van der Waals surface area contributed by atoms with Gasteiger partial charge in [0.25, 0.3) is 0 Å². The van der Waals surface area contributed by atoms with Crippen molar-refractivity contribution in [3.8, 4) is 0 Å². The Kier molecular flexibility index (Phi) is 5.18. The fraction of sp³-hybridized carbons (Fsp3) is 0.421. The summed E-state index contributed by atoms with van der Waals surface area (Å²) in [7, 11) is 0. The highest BCUT2D eigenvalue weighted by atomic mass is 19.4. The lowest BCUT2D eigenvalue weighted by Crippen LogP contribution is -2.37. The number of alkyl halides is 3. The zero-order valence-corrected chi connectivity index (χ0v) is 15.6. The Morgan fingerprint density at radius 2 is 2.00 bits per heavy atom. The molecule has 0 saturated carbocycles. The largest absolute Gasteiger partial charge is 0.453 e. The molecule has 1 aliphatic rings. The van der Waals surface area contributed by atoms with Crippen LogP contribution in [-0.2, 0) is 4.74 Å². The van der Waals surface area contributed by atoms with E-state index < -0.39 is 36.6 Å². The van der Waals surface area contributed by atoms with Crippen LogP contribution in [0.25, 0.3) is 0 Å². The number of hydrogen-bond donors (Lipinski definition) is 1. The second-order valence-electron chi connectivity index (χ2n) is 7.02. The van der Waals surface area contributed by atoms with E-state index in [0.717, 1.165) is 15.8 Å². The topological polar surface area (TPSA) is 73.2 Å². The molecule has 2 heterocycles. The first kappa shape index (κ1) is 19.9. The number of benzene rings is 1. The van der Waals surface area contributed by atoms with E-state index in [0.29, 0.717) is 5.56 Å². The number of nitrogens with one attached hydrogen (secondary N) is 1. The van der Waals surface area contributed by atoms with Crippen LogP contribution in [0.15, 0.2) is 24.3 Å². The molecule has 0 amide bonds. The Labute approximate surface area is 159 Å². The Hall–Kier alpha value is -2.84. The molecule has 6 nitrogen and oxygen atoms in total. The summed E-state index contributed by atoms with van der Waals surface area (Å²) < 4.78 is 45.5. The summed E-state index contributed by atoms with van der Waals surface area (Å²) in [5.41, 5.74) is 1.90. The summed E-state index contributed by atoms with van der Waals surface area (Å²) in [6, 6.07) is 4.22. The Morgan fingerprint density at radius 3 is 2.64 bits per heavy atom. The minimum absolute atomic E-state index is 0.0914. The van der Waals surface area contributed by atoms with Gasteiger partial charge in [0.15, 0.2) is 18.3 Å². The van der Waals surface area contributed by atoms with E-state index in [9.17, 15) is 22.8 Å². The van der Waals surface area contributed by atoms with Crippen LogP contribution in [0.5, 0.6) is 0 Å². The highest BCUT2D eigenvalue weighted by Crippen LogP contribution is 2.39. The monoisotopic (exact) mass is 395 g/mol. The molecular formula is C19H20F3N3O3. The predicted octanol–water partition coefficient (Wildman–Crippen LogP) is 3.85. The fourth-order valence-electron chi connectivity index (χ4n) is 3.27. The number of ketones is 1. The number of carbonyl (C=O) groups excluding carboxylic acids is 2. The van der Waals surface area contributed by atoms with Gasteiger partial charge in [-0.1, -0.05) is 23.8 Å². The van der Waals surface area contributed by atoms with Crippen LogP contribution >= 0.6 is 0 Å². The molecule has 1 aliphatic heterocycles. The minimum atomic E-state index is -4.49. The van der Waals surface area contributed by atoms with Crippen molar-refractivity contribution < 1.29 is 27.5 Å². The molecule has 3 rings (SSSR count). The van der Waals surface area contributed by atoms with Gasteiger partial charge in [-0.3, -0.25) is 4.79 Å². The Morgan fingerprint density at radius 1 is 1.29 bits per heavy atom. The molecule has 0 spiro atoms. The summed E-state index contributed by atoms with van der Waals surface area (Å²) >= 11 is 0. The van der Waals surface area contributed by atoms with Crippen LogP contribution in [0, 0.1) is 13.8 Å². The highest BCUT2D eigenvalue weighted by Gasteiger charge is 2.45. The molecule has 1 N–H and O–H groups in total. The molecule has 0 radical (unpaired) electrons. The van der Waals surface area contributed by atoms with Crippen molar-refractivity contribution in [2.45, 2.75) is 45.5 Å². The van der Waals surface area contributed by atoms with Crippen LogP contribution in [0.4, 0.5) is 19.0 Å². The molecule has 9 heteroatoms. The van der Waals surface area contributed by atoms with E-state index >= 15 is 0 Å². The number of nitrogens with zero attached hydrogens (tertiary/aromatic N) is 2. The van der Waals surface area contributed by atoms with E-state index in [4.69, 9.17) is 4.74 Å². The zero-order valence-electron chi connectivity index (χ0n) is 15.6. The molecule has 0 aliphatic carbocycles. The second-order valence-corrected chi connectivity index (χ2v) is 7.02. The van der Waals surface area contributed by atoms with Gasteiger partial charge in [-0.2, -0.15) is 18.3 Å². The van der Waals surface area contributed by atoms with Crippen molar-refractivity contribution in [2.75, 3.05) is 11.9 Å². The van der Waals surface area contributed by atoms with Crippen molar-refractivity contribution in [2.24, 2.45) is 0 Å². The SMILES string of the molecule is Cc1ccc(C(=O)COC(=O)c2cc3n(n2)[C@H](C(F)(F)F)C[C@H](C)N3)c(C)c1. The summed E-state index contributed by atoms with van der Waals surface area (Å²) in [4.78, 5) is 24.5. The molecule has 28 heavy (non-hydrogen) atoms. The molecule has 2 aromatic rings. The van der Waals surface area contributed by atoms with Crippen LogP contribution < -0.4 is 5.32 Å². The lowest BCUT2D eigenvalue weighted by atomic mass is 10.0. The lowest BCUT2D eigenvalue weighted by Gasteiger charge is -2.31. The number of aryl methyl sites for hydroxylation is 2. The summed E-state index contributed by atoms with van der Waals surface area (Å²) in [5.74, 6) is -1.25. The molecular weight excluding hydrogens is 375 g/mol. The molecule has 0 saturated heterocycles. The van der Waals surface area contributed by atoms with Crippen molar-refractivity contribution in [1.82, 2.24) is 9.78 Å². The third kappa shape index (κ3) is 4.02. The van der Waals surface area contributed by atoms with Gasteiger partial charge < -0.3 is 10.1 Å². The van der Waals surface area contributed by atoms with Gasteiger partial charge in [0.05, 0.1) is 0 Å². The highest BCUT2D eigenvalue weighted by molar-refractivity contribution is 6.00. The van der Waals surface area contributed by atoms with Crippen molar-refractivity contribution >= 4 is 17.6 Å². The molecule has 0 bridgehead atoms. The Bertz CT molecular complexity index is 921. The first-order chi connectivity index (χ1) is 13.1. The third-order valence-corrected chi connectivity index (χ3v) is 4.61. The number of esters is 1. The number of ether oxygens (including phenoxy) is 1. The maximum absolute atomic E-state index is 13.3. The van der Waals surface area contributed by atoms with Gasteiger partial charge >= 0.3 is 12.1 Å². The average molecular weight is 395 g/mol. The number of aromatic nitrogens is 2. The van der Waals surface area contributed by atoms with Crippen molar-refractivity contribution in [3.05, 3.63) is 46.6 Å². The number of anilines is 1. The first-order valence-corrected chi connectivity index (χ1v) is 8.76. The first-order valence-electron chi connectivity index (χ1n) is 8.76. The molecule has 1 aromatic heterocycles. The normalized spacial score (nSPS) is 18.9. The van der Waals surface area contributed by atoms with E-state index in [-0.39, 0.29) is 17.9 Å². The fourth-order valence-corrected chi connectivity index (χ4v) is 3.27. The van der Waals surface area contributed by atoms with Crippen LogP contribution in [0.3, 0.4) is 0 Å². The number of fused-ring (bicyclic) bond motifs is 1. The molecule has 2 atom stereocenters. The van der Waals surface area contributed by atoms with Gasteiger partial charge in [-0.05, 0) is 32.8 Å². The van der Waals surface area contributed by atoms with E-state index in [1.807, 2.05) is 13.0 Å². The summed E-state index contributed by atoms with van der Waals surface area (Å²) in [6.07, 6.45) is -4.69. The van der Waals surface area contributed by atoms with Crippen LogP contribution in [0.1, 0.15) is 51.4 Å². The van der Waals surface area contributed by atoms with Crippen molar-refractivity contribution in [1.29, 1.82) is 0 Å². The molecule has 150 valence electrons. The van der Waals surface area contributed by atoms with Gasteiger partial charge in [-0.25, -0.2) is 9.48 Å². The predicted molar refractivity (Wildman–Crippen MR) is 95.5 cm³/mol. The molecule has 1 aromatic carbocycles. The quantitative estimate of drug-likeness (QED) is 0.629. The molecule has 0 unspecified atom stereocenters. The lowest BCUT2D eigenvalue weighted by molar-refractivity contribution is -0.173. The maximum Gasteiger partial charge on any atom is 0.410 e. The standard InChI is InChI=1S/C19H20F3N3O3/c1-10-4-5-13(11(2)6-10)15(26)9-28-18(27)14-8-17-23-12(3)7-16(19(20,21)22)25(17)24-14/h4-6,8,12,16,23H,7,9H2,1-3H3/t12-,16-/m0/s1. The summed E-state index contributed by atoms with van der Waals surface area (Å²) in [5, 5.41) is 6.63. The number of halogens is 3. The van der Waals surface area contributed by atoms with E-state index in [1.165, 1.54) is 6.07 Å². The number of Topliss-reactive ketones (excluding diaryl/α,β-unsaturated/α-hetero) is 1. The summed E-state index contributed by atoms with van der Waals surface area (Å²) in [6.45, 7) is 4.77. The van der Waals surface area contributed by atoms with E-state index in [1.54, 1.807) is 26.0 Å². The van der Waals surface area contributed by atoms with Gasteiger partial charge in [0.2, 0.25) is 5.78 Å². The van der Waals surface area contributed by atoms with Crippen LogP contribution in [0.2, 0.25) is 0 Å². The second kappa shape index (κ2) is 7.29. The third-order valence-electron chi connectivity index (χ3n) is 4.61. The number of hydrogen-bond acceptors (Lipinski definition) is 5. The number of rotatable bonds is 4. The van der Waals surface area contributed by atoms with E-state index in [2.05, 4.69) is 10.4 Å². The average Bonchev–Trinajstić information content (AvgIpc) is 3.01. The maximum atomic E-state index is 13.3. The smallest absolute Gasteiger partial charge is 0.410 e. The van der Waals surface area contributed by atoms with Gasteiger partial charge in [0.1, 0.15) is 5.82 Å². The Balaban J connectivity index is 1.73. The van der Waals surface area contributed by atoms with Crippen LogP contribution in [-0.4, -0.2) is 40.4 Å².